The van der Waals surface area contributed by atoms with Crippen LogP contribution in [0.15, 0.2) is 30.3 Å². The van der Waals surface area contributed by atoms with Gasteiger partial charge in [0, 0.05) is 32.6 Å². The minimum Gasteiger partial charge on any atom is -0.352 e. The highest BCUT2D eigenvalue weighted by Crippen LogP contribution is 2.32. The fourth-order valence-electron chi connectivity index (χ4n) is 3.59. The van der Waals surface area contributed by atoms with Crippen molar-refractivity contribution in [2.24, 2.45) is 5.92 Å². The molecule has 7 nitrogen and oxygen atoms in total. The van der Waals surface area contributed by atoms with E-state index in [1.807, 2.05) is 30.3 Å². The molecule has 2 aliphatic heterocycles. The summed E-state index contributed by atoms with van der Waals surface area (Å²) in [4.78, 5) is 28.3. The van der Waals surface area contributed by atoms with Crippen molar-refractivity contribution < 1.29 is 9.59 Å². The predicted octanol–water partition coefficient (Wildman–Crippen LogP) is 2.20. The third-order valence-electron chi connectivity index (χ3n) is 5.08. The number of hydrogen-bond acceptors (Lipinski definition) is 6. The van der Waals surface area contributed by atoms with Gasteiger partial charge >= 0.3 is 0 Å². The number of nitrogens with zero attached hydrogens (tertiary/aromatic N) is 4. The normalized spacial score (nSPS) is 20.1. The summed E-state index contributed by atoms with van der Waals surface area (Å²) in [5.74, 6) is 0.153. The summed E-state index contributed by atoms with van der Waals surface area (Å²) >= 11 is 1.44. The molecule has 2 aromatic rings. The molecule has 8 heteroatoms. The van der Waals surface area contributed by atoms with Crippen LogP contribution in [-0.2, 0) is 16.1 Å². The fraction of sp³-hybridized carbons (Fsp3) is 0.474. The Morgan fingerprint density at radius 3 is 2.74 bits per heavy atom. The quantitative estimate of drug-likeness (QED) is 0.854. The van der Waals surface area contributed by atoms with E-state index in [1.54, 1.807) is 4.90 Å². The largest absolute Gasteiger partial charge is 0.352 e. The molecular formula is C19H23N5O2S. The fourth-order valence-corrected chi connectivity index (χ4v) is 4.51. The molecule has 1 N–H and O–H groups in total. The number of aromatic nitrogens is 2. The first-order valence-electron chi connectivity index (χ1n) is 9.41. The highest BCUT2D eigenvalue weighted by atomic mass is 32.1. The van der Waals surface area contributed by atoms with E-state index in [0.717, 1.165) is 43.0 Å². The molecule has 142 valence electrons. The first-order chi connectivity index (χ1) is 13.2. The van der Waals surface area contributed by atoms with Crippen LogP contribution in [0.2, 0.25) is 0 Å². The molecule has 2 amide bonds. The number of hydrogen-bond donors (Lipinski definition) is 1. The average Bonchev–Trinajstić information content (AvgIpc) is 3.36. The summed E-state index contributed by atoms with van der Waals surface area (Å²) in [6.07, 6.45) is 3.29. The zero-order valence-corrected chi connectivity index (χ0v) is 16.0. The zero-order chi connectivity index (χ0) is 18.6. The molecular weight excluding hydrogens is 362 g/mol. The molecule has 0 radical (unpaired) electrons. The van der Waals surface area contributed by atoms with Crippen molar-refractivity contribution in [2.45, 2.75) is 32.2 Å². The minimum absolute atomic E-state index is 0.0526. The van der Waals surface area contributed by atoms with Crippen LogP contribution in [0.5, 0.6) is 0 Å². The SMILES string of the molecule is O=C(NCc1ccccc1)[C@H]1CCCN(c2nnc(N3CCCC3=O)s2)C1. The number of rotatable bonds is 5. The maximum atomic E-state index is 12.6. The van der Waals surface area contributed by atoms with Gasteiger partial charge in [-0.3, -0.25) is 14.5 Å². The first-order valence-corrected chi connectivity index (χ1v) is 10.2. The number of piperidine rings is 1. The van der Waals surface area contributed by atoms with Crippen LogP contribution < -0.4 is 15.1 Å². The van der Waals surface area contributed by atoms with E-state index in [0.29, 0.717) is 24.6 Å². The molecule has 0 aliphatic carbocycles. The highest BCUT2D eigenvalue weighted by Gasteiger charge is 2.29. The smallest absolute Gasteiger partial charge is 0.228 e. The van der Waals surface area contributed by atoms with Crippen molar-refractivity contribution in [1.82, 2.24) is 15.5 Å². The topological polar surface area (TPSA) is 78.4 Å². The van der Waals surface area contributed by atoms with Crippen molar-refractivity contribution in [2.75, 3.05) is 29.4 Å². The van der Waals surface area contributed by atoms with Gasteiger partial charge in [0.1, 0.15) is 0 Å². The molecule has 0 spiro atoms. The molecule has 2 fully saturated rings. The van der Waals surface area contributed by atoms with Gasteiger partial charge in [0.15, 0.2) is 0 Å². The summed E-state index contributed by atoms with van der Waals surface area (Å²) in [7, 11) is 0. The van der Waals surface area contributed by atoms with Crippen molar-refractivity contribution in [3.63, 3.8) is 0 Å². The number of nitrogens with one attached hydrogen (secondary N) is 1. The predicted molar refractivity (Wildman–Crippen MR) is 105 cm³/mol. The van der Waals surface area contributed by atoms with E-state index >= 15 is 0 Å². The minimum atomic E-state index is -0.0526. The Balaban J connectivity index is 1.36. The lowest BCUT2D eigenvalue weighted by molar-refractivity contribution is -0.125. The van der Waals surface area contributed by atoms with E-state index in [9.17, 15) is 9.59 Å². The Kier molecular flexibility index (Phi) is 5.33. The molecule has 1 aromatic heterocycles. The van der Waals surface area contributed by atoms with E-state index in [2.05, 4.69) is 20.4 Å². The van der Waals surface area contributed by atoms with Crippen molar-refractivity contribution in [3.8, 4) is 0 Å². The van der Waals surface area contributed by atoms with Crippen molar-refractivity contribution in [3.05, 3.63) is 35.9 Å². The molecule has 0 unspecified atom stereocenters. The number of benzene rings is 1. The van der Waals surface area contributed by atoms with Gasteiger partial charge in [-0.25, -0.2) is 0 Å². The van der Waals surface area contributed by atoms with E-state index in [-0.39, 0.29) is 17.7 Å². The van der Waals surface area contributed by atoms with Crippen LogP contribution >= 0.6 is 11.3 Å². The molecule has 0 bridgehead atoms. The van der Waals surface area contributed by atoms with Crippen LogP contribution in [0.25, 0.3) is 0 Å². The second-order valence-electron chi connectivity index (χ2n) is 7.00. The lowest BCUT2D eigenvalue weighted by Crippen LogP contribution is -2.43. The lowest BCUT2D eigenvalue weighted by atomic mass is 9.97. The lowest BCUT2D eigenvalue weighted by Gasteiger charge is -2.31. The monoisotopic (exact) mass is 385 g/mol. The highest BCUT2D eigenvalue weighted by molar-refractivity contribution is 7.19. The van der Waals surface area contributed by atoms with Gasteiger partial charge in [0.05, 0.1) is 5.92 Å². The molecule has 4 rings (SSSR count). The third-order valence-corrected chi connectivity index (χ3v) is 6.09. The maximum Gasteiger partial charge on any atom is 0.228 e. The number of carbonyl (C=O) groups excluding carboxylic acids is 2. The zero-order valence-electron chi connectivity index (χ0n) is 15.1. The molecule has 27 heavy (non-hydrogen) atoms. The van der Waals surface area contributed by atoms with Crippen LogP contribution in [0, 0.1) is 5.92 Å². The number of anilines is 2. The summed E-state index contributed by atoms with van der Waals surface area (Å²) in [6.45, 7) is 2.78. The van der Waals surface area contributed by atoms with E-state index in [4.69, 9.17) is 0 Å². The van der Waals surface area contributed by atoms with Crippen LogP contribution in [0.4, 0.5) is 10.3 Å². The standard InChI is InChI=1S/C19H23N5O2S/c25-16-9-5-11-24(16)19-22-21-18(27-19)23-10-4-8-15(13-23)17(26)20-12-14-6-2-1-3-7-14/h1-3,6-7,15H,4-5,8-13H2,(H,20,26)/t15-/m0/s1. The number of carbonyl (C=O) groups is 2. The molecule has 2 aliphatic rings. The second kappa shape index (κ2) is 8.04. The van der Waals surface area contributed by atoms with Gasteiger partial charge in [-0.1, -0.05) is 41.7 Å². The molecule has 1 aromatic carbocycles. The second-order valence-corrected chi connectivity index (χ2v) is 7.94. The Morgan fingerprint density at radius 1 is 1.15 bits per heavy atom. The Hall–Kier alpha value is -2.48. The summed E-state index contributed by atoms with van der Waals surface area (Å²) in [6, 6.07) is 9.94. The Labute approximate surface area is 162 Å². The maximum absolute atomic E-state index is 12.6. The van der Waals surface area contributed by atoms with Gasteiger partial charge in [0.2, 0.25) is 22.1 Å². The van der Waals surface area contributed by atoms with Gasteiger partial charge in [-0.05, 0) is 24.8 Å². The Bertz CT molecular complexity index is 809. The van der Waals surface area contributed by atoms with Crippen LogP contribution in [0.3, 0.4) is 0 Å². The van der Waals surface area contributed by atoms with Gasteiger partial charge in [0.25, 0.3) is 0 Å². The summed E-state index contributed by atoms with van der Waals surface area (Å²) in [5.41, 5.74) is 1.10. The van der Waals surface area contributed by atoms with Crippen LogP contribution in [0.1, 0.15) is 31.2 Å². The van der Waals surface area contributed by atoms with Crippen molar-refractivity contribution in [1.29, 1.82) is 0 Å². The van der Waals surface area contributed by atoms with Gasteiger partial charge in [-0.2, -0.15) is 0 Å². The molecule has 1 atom stereocenters. The van der Waals surface area contributed by atoms with Crippen molar-refractivity contribution >= 4 is 33.4 Å². The van der Waals surface area contributed by atoms with Gasteiger partial charge in [-0.15, -0.1) is 10.2 Å². The van der Waals surface area contributed by atoms with Crippen LogP contribution in [-0.4, -0.2) is 41.6 Å². The summed E-state index contributed by atoms with van der Waals surface area (Å²) < 4.78 is 0. The first kappa shape index (κ1) is 17.9. The third kappa shape index (κ3) is 4.10. The Morgan fingerprint density at radius 2 is 1.96 bits per heavy atom. The molecule has 3 heterocycles. The van der Waals surface area contributed by atoms with Gasteiger partial charge < -0.3 is 10.2 Å². The average molecular weight is 385 g/mol. The summed E-state index contributed by atoms with van der Waals surface area (Å²) in [5, 5.41) is 13.0. The molecule has 2 saturated heterocycles. The van der Waals surface area contributed by atoms with E-state index in [1.165, 1.54) is 11.3 Å². The van der Waals surface area contributed by atoms with E-state index < -0.39 is 0 Å². The number of amides is 2. The molecule has 0 saturated carbocycles.